The Balaban J connectivity index is 1.67. The number of urea groups is 1. The van der Waals surface area contributed by atoms with Gasteiger partial charge in [-0.05, 0) is 19.4 Å². The first-order valence-electron chi connectivity index (χ1n) is 7.50. The van der Waals surface area contributed by atoms with Crippen molar-refractivity contribution < 1.29 is 4.79 Å². The van der Waals surface area contributed by atoms with E-state index in [1.165, 1.54) is 0 Å². The molecule has 22 heavy (non-hydrogen) atoms. The first-order chi connectivity index (χ1) is 10.7. The van der Waals surface area contributed by atoms with Crippen LogP contribution >= 0.6 is 0 Å². The lowest BCUT2D eigenvalue weighted by molar-refractivity contribution is 0.187. The van der Waals surface area contributed by atoms with Crippen LogP contribution in [0.5, 0.6) is 0 Å². The Labute approximate surface area is 129 Å². The summed E-state index contributed by atoms with van der Waals surface area (Å²) in [5, 5.41) is 7.40. The predicted octanol–water partition coefficient (Wildman–Crippen LogP) is 0.999. The summed E-state index contributed by atoms with van der Waals surface area (Å²) in [5.41, 5.74) is 3.92. The van der Waals surface area contributed by atoms with Crippen LogP contribution in [-0.2, 0) is 0 Å². The number of fused-ring (bicyclic) bond motifs is 1. The van der Waals surface area contributed by atoms with Gasteiger partial charge in [0, 0.05) is 13.1 Å². The van der Waals surface area contributed by atoms with Crippen LogP contribution < -0.4 is 10.7 Å². The smallest absolute Gasteiger partial charge is 0.323 e. The number of rotatable bonds is 4. The third kappa shape index (κ3) is 2.49. The molecular weight excluding hydrogens is 280 g/mol. The maximum absolute atomic E-state index is 12.2. The number of carbonyl (C=O) groups excluding carboxylic acids is 1. The first kappa shape index (κ1) is 14.4. The van der Waals surface area contributed by atoms with Gasteiger partial charge in [0.25, 0.3) is 0 Å². The van der Waals surface area contributed by atoms with E-state index in [4.69, 9.17) is 0 Å². The molecule has 0 aromatic heterocycles. The zero-order valence-electron chi connectivity index (χ0n) is 12.7. The maximum atomic E-state index is 12.2. The van der Waals surface area contributed by atoms with Crippen molar-refractivity contribution in [3.05, 3.63) is 35.9 Å². The zero-order chi connectivity index (χ0) is 15.5. The van der Waals surface area contributed by atoms with E-state index in [1.807, 2.05) is 44.2 Å². The number of nitrogens with one attached hydrogen (secondary N) is 2. The Morgan fingerprint density at radius 3 is 2.68 bits per heavy atom. The molecule has 1 aromatic rings. The lowest BCUT2D eigenvalue weighted by Gasteiger charge is -2.20. The van der Waals surface area contributed by atoms with E-state index >= 15 is 0 Å². The Hall–Kier alpha value is -2.57. The van der Waals surface area contributed by atoms with E-state index in [9.17, 15) is 4.79 Å². The van der Waals surface area contributed by atoms with Crippen LogP contribution in [0.4, 0.5) is 4.79 Å². The van der Waals surface area contributed by atoms with Gasteiger partial charge in [-0.1, -0.05) is 30.3 Å². The fraction of sp³-hybridized carbons (Fsp3) is 0.400. The molecule has 2 aliphatic heterocycles. The molecule has 1 aromatic carbocycles. The van der Waals surface area contributed by atoms with Crippen molar-refractivity contribution in [1.82, 2.24) is 20.5 Å². The normalized spacial score (nSPS) is 23.7. The van der Waals surface area contributed by atoms with Crippen LogP contribution in [-0.4, -0.2) is 53.4 Å². The largest absolute Gasteiger partial charge is 0.331 e. The summed E-state index contributed by atoms with van der Waals surface area (Å²) in [6, 6.07) is 9.86. The molecule has 0 aliphatic carbocycles. The van der Waals surface area contributed by atoms with E-state index in [0.717, 1.165) is 5.56 Å². The molecule has 0 spiro atoms. The highest BCUT2D eigenvalue weighted by Gasteiger charge is 2.48. The fourth-order valence-corrected chi connectivity index (χ4v) is 2.75. The number of nitrogens with zero attached hydrogens (tertiary/aromatic N) is 4. The predicted molar refractivity (Wildman–Crippen MR) is 85.5 cm³/mol. The van der Waals surface area contributed by atoms with Crippen LogP contribution in [0.3, 0.4) is 0 Å². The fourth-order valence-electron chi connectivity index (χ4n) is 2.75. The summed E-state index contributed by atoms with van der Waals surface area (Å²) >= 11 is 0. The Bertz CT molecular complexity index is 599. The number of amides is 2. The molecule has 0 radical (unpaired) electrons. The number of guanidine groups is 1. The number of hydrogen-bond acceptors (Lipinski definition) is 5. The maximum Gasteiger partial charge on any atom is 0.323 e. The monoisotopic (exact) mass is 300 g/mol. The average Bonchev–Trinajstić information content (AvgIpc) is 3.03. The first-order valence-corrected chi connectivity index (χ1v) is 7.50. The summed E-state index contributed by atoms with van der Waals surface area (Å²) in [6.45, 7) is 5.22. The molecule has 2 atom stereocenters. The van der Waals surface area contributed by atoms with Crippen molar-refractivity contribution in [3.63, 3.8) is 0 Å². The van der Waals surface area contributed by atoms with Crippen molar-refractivity contribution in [2.24, 2.45) is 10.1 Å². The summed E-state index contributed by atoms with van der Waals surface area (Å²) in [6.07, 6.45) is 1.43. The molecule has 2 amide bonds. The minimum Gasteiger partial charge on any atom is -0.331 e. The van der Waals surface area contributed by atoms with Crippen LogP contribution in [0.25, 0.3) is 0 Å². The second-order valence-corrected chi connectivity index (χ2v) is 5.12. The van der Waals surface area contributed by atoms with Crippen molar-refractivity contribution in [2.45, 2.75) is 26.2 Å². The molecule has 2 N–H and O–H groups in total. The van der Waals surface area contributed by atoms with E-state index in [2.05, 4.69) is 20.8 Å². The second-order valence-electron chi connectivity index (χ2n) is 5.12. The van der Waals surface area contributed by atoms with E-state index in [1.54, 1.807) is 16.0 Å². The van der Waals surface area contributed by atoms with Gasteiger partial charge in [0.2, 0.25) is 5.96 Å². The number of carbonyl (C=O) groups is 1. The third-order valence-electron chi connectivity index (χ3n) is 3.84. The highest BCUT2D eigenvalue weighted by Crippen LogP contribution is 2.24. The van der Waals surface area contributed by atoms with Gasteiger partial charge >= 0.3 is 6.03 Å². The minimum atomic E-state index is -0.188. The summed E-state index contributed by atoms with van der Waals surface area (Å²) in [7, 11) is 0. The Kier molecular flexibility index (Phi) is 3.95. The zero-order valence-corrected chi connectivity index (χ0v) is 12.7. The summed E-state index contributed by atoms with van der Waals surface area (Å²) in [4.78, 5) is 20.3. The topological polar surface area (TPSA) is 72.3 Å². The summed E-state index contributed by atoms with van der Waals surface area (Å²) < 4.78 is 0. The molecule has 7 heteroatoms. The molecule has 7 nitrogen and oxygen atoms in total. The molecular formula is C15H20N6O. The van der Waals surface area contributed by atoms with Crippen LogP contribution in [0.1, 0.15) is 19.4 Å². The Morgan fingerprint density at radius 1 is 1.27 bits per heavy atom. The van der Waals surface area contributed by atoms with E-state index in [0.29, 0.717) is 19.0 Å². The van der Waals surface area contributed by atoms with Crippen LogP contribution in [0.15, 0.2) is 40.4 Å². The number of likely N-dealkylation sites (N-methyl/N-ethyl adjacent to an activating group) is 2. The van der Waals surface area contributed by atoms with Crippen LogP contribution in [0.2, 0.25) is 0 Å². The number of aliphatic imine (C=N–C) groups is 1. The number of benzene rings is 1. The van der Waals surface area contributed by atoms with Crippen molar-refractivity contribution >= 4 is 18.2 Å². The second kappa shape index (κ2) is 6.05. The average molecular weight is 300 g/mol. The molecule has 2 heterocycles. The van der Waals surface area contributed by atoms with Crippen molar-refractivity contribution in [1.29, 1.82) is 0 Å². The molecule has 0 bridgehead atoms. The van der Waals surface area contributed by atoms with Gasteiger partial charge in [-0.25, -0.2) is 15.2 Å². The lowest BCUT2D eigenvalue weighted by Crippen LogP contribution is -2.47. The van der Waals surface area contributed by atoms with Gasteiger partial charge in [0.15, 0.2) is 6.17 Å². The number of hydrogen-bond donors (Lipinski definition) is 2. The minimum absolute atomic E-state index is 0.0306. The molecule has 2 unspecified atom stereocenters. The van der Waals surface area contributed by atoms with E-state index in [-0.39, 0.29) is 18.4 Å². The molecule has 1 saturated heterocycles. The van der Waals surface area contributed by atoms with Gasteiger partial charge in [-0.3, -0.25) is 4.90 Å². The standard InChI is InChI=1S/C15H20N6O/c1-3-20-12-13(21(4-2)15(20)22)18-14(17-12)19-16-10-11-8-6-5-7-9-11/h5-10,12-13H,3-4H2,1-2H3,(H2,17,18,19)/b16-10+. The van der Waals surface area contributed by atoms with Gasteiger partial charge in [0.1, 0.15) is 6.17 Å². The molecule has 1 fully saturated rings. The van der Waals surface area contributed by atoms with Gasteiger partial charge in [-0.15, -0.1) is 0 Å². The van der Waals surface area contributed by atoms with Gasteiger partial charge < -0.3 is 10.2 Å². The number of hydrazone groups is 1. The van der Waals surface area contributed by atoms with Crippen LogP contribution in [0, 0.1) is 0 Å². The van der Waals surface area contributed by atoms with Crippen molar-refractivity contribution in [2.75, 3.05) is 13.1 Å². The highest BCUT2D eigenvalue weighted by molar-refractivity contribution is 5.88. The molecule has 3 rings (SSSR count). The van der Waals surface area contributed by atoms with Gasteiger partial charge in [-0.2, -0.15) is 5.10 Å². The quantitative estimate of drug-likeness (QED) is 0.643. The van der Waals surface area contributed by atoms with E-state index < -0.39 is 0 Å². The third-order valence-corrected chi connectivity index (χ3v) is 3.84. The van der Waals surface area contributed by atoms with Crippen molar-refractivity contribution in [3.8, 4) is 0 Å². The van der Waals surface area contributed by atoms with Gasteiger partial charge in [0.05, 0.1) is 6.21 Å². The lowest BCUT2D eigenvalue weighted by atomic mass is 10.2. The molecule has 0 saturated carbocycles. The summed E-state index contributed by atoms with van der Waals surface area (Å²) in [5.74, 6) is 0.589. The molecule has 116 valence electrons. The molecule has 2 aliphatic rings. The SMILES string of the molecule is CCN1C(=O)N(CC)C2NC(N/N=C/c3ccccc3)=NC21. The Morgan fingerprint density at radius 2 is 2.00 bits per heavy atom. The highest BCUT2D eigenvalue weighted by atomic mass is 16.2.